The molecule has 0 amide bonds. The topological polar surface area (TPSA) is 114 Å². The summed E-state index contributed by atoms with van der Waals surface area (Å²) in [5, 5.41) is 0. The smallest absolute Gasteiger partial charge is 0.339 e. The van der Waals surface area contributed by atoms with Crippen LogP contribution in [0.4, 0.5) is 0 Å². The number of ketones is 2. The molecule has 154 valence electrons. The molecule has 0 radical (unpaired) electrons. The highest BCUT2D eigenvalue weighted by molar-refractivity contribution is 7.87. The number of benzene rings is 3. The van der Waals surface area contributed by atoms with Crippen molar-refractivity contribution in [3.8, 4) is 5.75 Å². The molecule has 0 spiro atoms. The Morgan fingerprint density at radius 2 is 1.61 bits per heavy atom. The second-order valence-electron chi connectivity index (χ2n) is 6.89. The van der Waals surface area contributed by atoms with Crippen LogP contribution in [0, 0.1) is 0 Å². The summed E-state index contributed by atoms with van der Waals surface area (Å²) in [6, 6.07) is 18.8. The first-order valence-corrected chi connectivity index (χ1v) is 10.8. The molecule has 0 heterocycles. The van der Waals surface area contributed by atoms with Crippen LogP contribution in [0.5, 0.6) is 5.75 Å². The normalized spacial score (nSPS) is 13.3. The highest BCUT2D eigenvalue weighted by Crippen LogP contribution is 2.30. The van der Waals surface area contributed by atoms with Crippen molar-refractivity contribution < 1.29 is 27.0 Å². The van der Waals surface area contributed by atoms with Crippen molar-refractivity contribution in [2.75, 3.05) is 0 Å². The Morgan fingerprint density at radius 3 is 2.35 bits per heavy atom. The SMILES string of the molecule is [N-]=[N+]=C1CCc2c(cccc2S(=O)(=O)Oc2ccccc2C(=O)c2ccccc2)C1=O. The number of fused-ring (bicyclic) bond motifs is 1. The Balaban J connectivity index is 1.74. The lowest BCUT2D eigenvalue weighted by Crippen LogP contribution is -2.26. The van der Waals surface area contributed by atoms with Crippen LogP contribution >= 0.6 is 0 Å². The quantitative estimate of drug-likeness (QED) is 0.265. The number of rotatable bonds is 5. The van der Waals surface area contributed by atoms with Crippen LogP contribution in [0.2, 0.25) is 0 Å². The second-order valence-corrected chi connectivity index (χ2v) is 8.40. The molecule has 1 aliphatic carbocycles. The van der Waals surface area contributed by atoms with E-state index in [0.717, 1.165) is 0 Å². The molecular weight excluding hydrogens is 416 g/mol. The molecule has 0 aliphatic heterocycles. The van der Waals surface area contributed by atoms with Crippen molar-refractivity contribution in [3.05, 3.63) is 101 Å². The van der Waals surface area contributed by atoms with E-state index in [2.05, 4.69) is 4.79 Å². The van der Waals surface area contributed by atoms with Crippen LogP contribution in [-0.4, -0.2) is 30.5 Å². The van der Waals surface area contributed by atoms with Gasteiger partial charge in [0, 0.05) is 11.1 Å². The fourth-order valence-electron chi connectivity index (χ4n) is 3.51. The van der Waals surface area contributed by atoms with Crippen LogP contribution < -0.4 is 4.18 Å². The zero-order valence-corrected chi connectivity index (χ0v) is 17.0. The lowest BCUT2D eigenvalue weighted by atomic mass is 9.89. The monoisotopic (exact) mass is 432 g/mol. The fraction of sp³-hybridized carbons (Fsp3) is 0.0870. The van der Waals surface area contributed by atoms with Gasteiger partial charge < -0.3 is 9.71 Å². The van der Waals surface area contributed by atoms with E-state index in [9.17, 15) is 18.0 Å². The van der Waals surface area contributed by atoms with Crippen molar-refractivity contribution in [1.29, 1.82) is 0 Å². The van der Waals surface area contributed by atoms with Crippen molar-refractivity contribution in [3.63, 3.8) is 0 Å². The number of carbonyl (C=O) groups excluding carboxylic acids is 2. The Kier molecular flexibility index (Phi) is 5.33. The number of carbonyl (C=O) groups is 2. The van der Waals surface area contributed by atoms with Gasteiger partial charge in [0.25, 0.3) is 5.78 Å². The van der Waals surface area contributed by atoms with Gasteiger partial charge in [0.05, 0.1) is 12.0 Å². The summed E-state index contributed by atoms with van der Waals surface area (Å²) in [6.45, 7) is 0. The summed E-state index contributed by atoms with van der Waals surface area (Å²) in [6.07, 6.45) is 0.307. The van der Waals surface area contributed by atoms with E-state index < -0.39 is 15.9 Å². The van der Waals surface area contributed by atoms with Gasteiger partial charge in [-0.1, -0.05) is 54.6 Å². The first-order valence-electron chi connectivity index (χ1n) is 9.43. The fourth-order valence-corrected chi connectivity index (χ4v) is 4.74. The summed E-state index contributed by atoms with van der Waals surface area (Å²) in [7, 11) is -4.35. The minimum Gasteiger partial charge on any atom is -0.378 e. The summed E-state index contributed by atoms with van der Waals surface area (Å²) >= 11 is 0. The number of para-hydroxylation sites is 1. The van der Waals surface area contributed by atoms with E-state index in [1.165, 1.54) is 30.3 Å². The van der Waals surface area contributed by atoms with Gasteiger partial charge in [0.2, 0.25) is 0 Å². The molecule has 3 aromatic rings. The Morgan fingerprint density at radius 1 is 0.903 bits per heavy atom. The van der Waals surface area contributed by atoms with Gasteiger partial charge >= 0.3 is 15.8 Å². The lowest BCUT2D eigenvalue weighted by molar-refractivity contribution is -0.00947. The van der Waals surface area contributed by atoms with Crippen LogP contribution in [0.1, 0.15) is 38.3 Å². The largest absolute Gasteiger partial charge is 0.378 e. The number of nitrogens with zero attached hydrogens (tertiary/aromatic N) is 2. The highest BCUT2D eigenvalue weighted by Gasteiger charge is 2.34. The standard InChI is InChI=1S/C23H16N2O5S/c24-25-19-14-13-16-17(23(19)27)10-6-12-21(16)31(28,29)30-20-11-5-4-9-18(20)22(26)15-7-2-1-3-8-15/h1-12H,13-14H2. The van der Waals surface area contributed by atoms with Crippen molar-refractivity contribution in [2.45, 2.75) is 17.7 Å². The first kappa shape index (κ1) is 20.4. The zero-order chi connectivity index (χ0) is 22.0. The molecule has 0 aromatic heterocycles. The maximum absolute atomic E-state index is 13.1. The van der Waals surface area contributed by atoms with Gasteiger partial charge in [-0.05, 0) is 30.2 Å². The molecule has 4 rings (SSSR count). The molecule has 0 N–H and O–H groups in total. The average molecular weight is 432 g/mol. The minimum atomic E-state index is -4.35. The summed E-state index contributed by atoms with van der Waals surface area (Å²) in [5.74, 6) is -1.00. The van der Waals surface area contributed by atoms with Crippen molar-refractivity contribution in [1.82, 2.24) is 0 Å². The van der Waals surface area contributed by atoms with Gasteiger partial charge in [-0.3, -0.25) is 9.59 Å². The minimum absolute atomic E-state index is 0.0261. The summed E-state index contributed by atoms with van der Waals surface area (Å²) in [4.78, 5) is 28.1. The van der Waals surface area contributed by atoms with Crippen LogP contribution in [0.25, 0.3) is 5.53 Å². The van der Waals surface area contributed by atoms with E-state index in [0.29, 0.717) is 11.1 Å². The van der Waals surface area contributed by atoms with E-state index in [1.54, 1.807) is 42.5 Å². The summed E-state index contributed by atoms with van der Waals surface area (Å²) < 4.78 is 31.6. The Labute approximate surface area is 178 Å². The Bertz CT molecular complexity index is 1360. The van der Waals surface area contributed by atoms with Crippen LogP contribution in [-0.2, 0) is 16.5 Å². The van der Waals surface area contributed by atoms with Crippen LogP contribution in [0.15, 0.2) is 77.7 Å². The number of hydrogen-bond donors (Lipinski definition) is 0. The Hall–Kier alpha value is -3.87. The van der Waals surface area contributed by atoms with E-state index in [1.807, 2.05) is 0 Å². The third kappa shape index (κ3) is 3.82. The third-order valence-electron chi connectivity index (χ3n) is 5.01. The molecule has 0 bridgehead atoms. The van der Waals surface area contributed by atoms with E-state index >= 15 is 0 Å². The maximum atomic E-state index is 13.1. The molecule has 0 fully saturated rings. The molecule has 7 nitrogen and oxygen atoms in total. The molecule has 0 unspecified atom stereocenters. The molecule has 3 aromatic carbocycles. The van der Waals surface area contributed by atoms with E-state index in [-0.39, 0.29) is 46.1 Å². The highest BCUT2D eigenvalue weighted by atomic mass is 32.2. The van der Waals surface area contributed by atoms with Gasteiger partial charge in [0.15, 0.2) is 11.5 Å². The first-order chi connectivity index (χ1) is 14.9. The van der Waals surface area contributed by atoms with Crippen molar-refractivity contribution in [2.24, 2.45) is 0 Å². The van der Waals surface area contributed by atoms with E-state index in [4.69, 9.17) is 9.71 Å². The van der Waals surface area contributed by atoms with Gasteiger partial charge in [-0.15, -0.1) is 0 Å². The van der Waals surface area contributed by atoms with Crippen molar-refractivity contribution >= 4 is 27.4 Å². The third-order valence-corrected chi connectivity index (χ3v) is 6.33. The van der Waals surface area contributed by atoms with Gasteiger partial charge in [-0.25, -0.2) is 0 Å². The van der Waals surface area contributed by atoms with Crippen LogP contribution in [0.3, 0.4) is 0 Å². The number of hydrogen-bond acceptors (Lipinski definition) is 5. The van der Waals surface area contributed by atoms with Gasteiger partial charge in [0.1, 0.15) is 4.90 Å². The summed E-state index contributed by atoms with van der Waals surface area (Å²) in [5.41, 5.74) is 9.90. The predicted octanol–water partition coefficient (Wildman–Crippen LogP) is 3.49. The molecule has 0 saturated heterocycles. The molecule has 1 aliphatic rings. The predicted molar refractivity (Wildman–Crippen MR) is 112 cm³/mol. The second kappa shape index (κ2) is 8.10. The zero-order valence-electron chi connectivity index (χ0n) is 16.2. The maximum Gasteiger partial charge on any atom is 0.339 e. The molecule has 0 saturated carbocycles. The molecule has 8 heteroatoms. The average Bonchev–Trinajstić information content (AvgIpc) is 2.79. The van der Waals surface area contributed by atoms with Gasteiger partial charge in [-0.2, -0.15) is 13.2 Å². The molecular formula is C23H16N2O5S. The lowest BCUT2D eigenvalue weighted by Gasteiger charge is -2.17. The molecule has 31 heavy (non-hydrogen) atoms. The number of Topliss-reactive ketones (excluding diaryl/α,β-unsaturated/α-hetero) is 1. The molecule has 0 atom stereocenters.